The molecular formula is C20H25N5O3S. The van der Waals surface area contributed by atoms with Crippen molar-refractivity contribution in [3.05, 3.63) is 47.1 Å². The molecule has 0 spiro atoms. The number of H-pyrrole nitrogens is 1. The molecule has 29 heavy (non-hydrogen) atoms. The fourth-order valence-electron chi connectivity index (χ4n) is 3.98. The Bertz CT molecular complexity index is 1100. The number of hydrogen-bond donors (Lipinski definition) is 1. The Balaban J connectivity index is 1.49. The van der Waals surface area contributed by atoms with Crippen LogP contribution in [0.3, 0.4) is 0 Å². The van der Waals surface area contributed by atoms with Gasteiger partial charge >= 0.3 is 0 Å². The molecule has 9 heteroatoms. The molecule has 1 aliphatic rings. The second kappa shape index (κ2) is 7.72. The molecule has 1 fully saturated rings. The van der Waals surface area contributed by atoms with E-state index in [-0.39, 0.29) is 10.8 Å². The molecule has 1 atom stereocenters. The van der Waals surface area contributed by atoms with Gasteiger partial charge in [-0.2, -0.15) is 14.4 Å². The number of hydrogen-bond acceptors (Lipinski definition) is 6. The molecule has 0 amide bonds. The van der Waals surface area contributed by atoms with Crippen LogP contribution in [0.25, 0.3) is 11.4 Å². The van der Waals surface area contributed by atoms with Crippen molar-refractivity contribution in [2.45, 2.75) is 44.9 Å². The summed E-state index contributed by atoms with van der Waals surface area (Å²) in [6, 6.07) is 7.89. The zero-order chi connectivity index (χ0) is 20.6. The summed E-state index contributed by atoms with van der Waals surface area (Å²) in [7, 11) is -3.58. The van der Waals surface area contributed by atoms with Crippen LogP contribution >= 0.6 is 0 Å². The van der Waals surface area contributed by atoms with E-state index < -0.39 is 10.0 Å². The molecule has 4 rings (SSSR count). The average molecular weight is 416 g/mol. The Kier molecular flexibility index (Phi) is 5.26. The van der Waals surface area contributed by atoms with E-state index in [1.54, 1.807) is 18.2 Å². The summed E-state index contributed by atoms with van der Waals surface area (Å²) >= 11 is 0. The Morgan fingerprint density at radius 2 is 2.03 bits per heavy atom. The average Bonchev–Trinajstić information content (AvgIpc) is 3.29. The number of nitrogens with zero attached hydrogens (tertiary/aromatic N) is 4. The van der Waals surface area contributed by atoms with Gasteiger partial charge in [0.05, 0.1) is 11.4 Å². The van der Waals surface area contributed by atoms with E-state index in [0.717, 1.165) is 24.0 Å². The van der Waals surface area contributed by atoms with Crippen LogP contribution in [0.4, 0.5) is 0 Å². The molecule has 3 heterocycles. The van der Waals surface area contributed by atoms with E-state index >= 15 is 0 Å². The summed E-state index contributed by atoms with van der Waals surface area (Å²) in [6.07, 6.45) is 2.30. The third kappa shape index (κ3) is 3.84. The van der Waals surface area contributed by atoms with Gasteiger partial charge in [0.2, 0.25) is 21.7 Å². The predicted molar refractivity (Wildman–Crippen MR) is 108 cm³/mol. The molecule has 0 saturated carbocycles. The highest BCUT2D eigenvalue weighted by Gasteiger charge is 2.34. The predicted octanol–water partition coefficient (Wildman–Crippen LogP) is 3.03. The summed E-state index contributed by atoms with van der Waals surface area (Å²) in [5.41, 5.74) is 3.11. The van der Waals surface area contributed by atoms with Crippen LogP contribution in [0.1, 0.15) is 35.7 Å². The number of piperidine rings is 1. The van der Waals surface area contributed by atoms with E-state index in [9.17, 15) is 8.42 Å². The quantitative estimate of drug-likeness (QED) is 0.687. The maximum Gasteiger partial charge on any atom is 0.246 e. The lowest BCUT2D eigenvalue weighted by molar-refractivity contribution is 0.247. The van der Waals surface area contributed by atoms with Crippen LogP contribution in [-0.2, 0) is 16.4 Å². The van der Waals surface area contributed by atoms with Gasteiger partial charge in [0.1, 0.15) is 4.90 Å². The first kappa shape index (κ1) is 19.8. The molecular weight excluding hydrogens is 390 g/mol. The van der Waals surface area contributed by atoms with Crippen molar-refractivity contribution in [2.24, 2.45) is 5.92 Å². The maximum atomic E-state index is 13.1. The number of sulfonamides is 1. The molecule has 1 N–H and O–H groups in total. The Morgan fingerprint density at radius 3 is 2.76 bits per heavy atom. The summed E-state index contributed by atoms with van der Waals surface area (Å²) < 4.78 is 33.3. The second-order valence-corrected chi connectivity index (χ2v) is 9.54. The summed E-state index contributed by atoms with van der Waals surface area (Å²) in [5, 5.41) is 10.9. The fraction of sp³-hybridized carbons (Fsp3) is 0.450. The lowest BCUT2D eigenvalue weighted by Gasteiger charge is -2.31. The smallest absolute Gasteiger partial charge is 0.246 e. The van der Waals surface area contributed by atoms with Crippen molar-refractivity contribution in [1.29, 1.82) is 0 Å². The molecule has 1 aromatic carbocycles. The van der Waals surface area contributed by atoms with Crippen LogP contribution < -0.4 is 0 Å². The van der Waals surface area contributed by atoms with E-state index in [0.29, 0.717) is 42.6 Å². The summed E-state index contributed by atoms with van der Waals surface area (Å²) in [4.78, 5) is 4.83. The molecule has 2 aromatic heterocycles. The summed E-state index contributed by atoms with van der Waals surface area (Å²) in [5.74, 6) is 1.25. The first-order chi connectivity index (χ1) is 13.9. The zero-order valence-electron chi connectivity index (χ0n) is 16.8. The molecule has 1 unspecified atom stereocenters. The van der Waals surface area contributed by atoms with Crippen LogP contribution in [0.5, 0.6) is 0 Å². The molecule has 1 saturated heterocycles. The van der Waals surface area contributed by atoms with Gasteiger partial charge in [-0.15, -0.1) is 0 Å². The lowest BCUT2D eigenvalue weighted by atomic mass is 9.96. The minimum atomic E-state index is -3.58. The molecule has 0 bridgehead atoms. The van der Waals surface area contributed by atoms with Crippen molar-refractivity contribution >= 4 is 10.0 Å². The van der Waals surface area contributed by atoms with Crippen molar-refractivity contribution in [3.63, 3.8) is 0 Å². The number of aromatic amines is 1. The van der Waals surface area contributed by atoms with Gasteiger partial charge < -0.3 is 4.52 Å². The number of aryl methyl sites for hydroxylation is 3. The van der Waals surface area contributed by atoms with E-state index in [1.165, 1.54) is 0 Å². The normalized spacial score (nSPS) is 18.2. The van der Waals surface area contributed by atoms with Crippen molar-refractivity contribution in [3.8, 4) is 11.4 Å². The van der Waals surface area contributed by atoms with Crippen molar-refractivity contribution < 1.29 is 12.9 Å². The highest BCUT2D eigenvalue weighted by Crippen LogP contribution is 2.28. The minimum Gasteiger partial charge on any atom is -0.339 e. The topological polar surface area (TPSA) is 105 Å². The summed E-state index contributed by atoms with van der Waals surface area (Å²) in [6.45, 7) is 6.41. The largest absolute Gasteiger partial charge is 0.339 e. The number of benzene rings is 1. The highest BCUT2D eigenvalue weighted by molar-refractivity contribution is 7.89. The van der Waals surface area contributed by atoms with E-state index in [4.69, 9.17) is 4.52 Å². The van der Waals surface area contributed by atoms with Gasteiger partial charge in [-0.25, -0.2) is 8.42 Å². The van der Waals surface area contributed by atoms with Gasteiger partial charge in [0.25, 0.3) is 0 Å². The molecule has 154 valence electrons. The SMILES string of the molecule is Cc1ccccc1-c1noc(CC2CCCN(S(=O)(=O)c3c(C)n[nH]c3C)C2)n1. The molecule has 1 aliphatic heterocycles. The number of rotatable bonds is 5. The lowest BCUT2D eigenvalue weighted by Crippen LogP contribution is -2.40. The Labute approximate surface area is 170 Å². The monoisotopic (exact) mass is 415 g/mol. The van der Waals surface area contributed by atoms with Crippen LogP contribution in [0.2, 0.25) is 0 Å². The standard InChI is InChI=1S/C20H25N5O3S/c1-13-7-4-5-9-17(13)20-21-18(28-24-20)11-16-8-6-10-25(12-16)29(26,27)19-14(2)22-23-15(19)3/h4-5,7,9,16H,6,8,10-12H2,1-3H3,(H,22,23). The molecule has 8 nitrogen and oxygen atoms in total. The van der Waals surface area contributed by atoms with Gasteiger partial charge in [-0.1, -0.05) is 29.4 Å². The van der Waals surface area contributed by atoms with Gasteiger partial charge in [-0.05, 0) is 45.1 Å². The molecule has 0 radical (unpaired) electrons. The Morgan fingerprint density at radius 1 is 1.24 bits per heavy atom. The fourth-order valence-corrected chi connectivity index (χ4v) is 5.87. The third-order valence-electron chi connectivity index (χ3n) is 5.46. The molecule has 0 aliphatic carbocycles. The molecule has 3 aromatic rings. The first-order valence-electron chi connectivity index (χ1n) is 9.76. The zero-order valence-corrected chi connectivity index (χ0v) is 17.7. The van der Waals surface area contributed by atoms with E-state index in [1.807, 2.05) is 31.2 Å². The second-order valence-electron chi connectivity index (χ2n) is 7.67. The van der Waals surface area contributed by atoms with Crippen molar-refractivity contribution in [1.82, 2.24) is 24.6 Å². The number of aromatic nitrogens is 4. The van der Waals surface area contributed by atoms with Crippen molar-refractivity contribution in [2.75, 3.05) is 13.1 Å². The third-order valence-corrected chi connectivity index (χ3v) is 7.59. The van der Waals surface area contributed by atoms with Crippen LogP contribution in [0, 0.1) is 26.7 Å². The first-order valence-corrected chi connectivity index (χ1v) is 11.2. The maximum absolute atomic E-state index is 13.1. The number of nitrogens with one attached hydrogen (secondary N) is 1. The van der Waals surface area contributed by atoms with Crippen LogP contribution in [-0.4, -0.2) is 46.2 Å². The minimum absolute atomic E-state index is 0.135. The van der Waals surface area contributed by atoms with Gasteiger partial charge in [0.15, 0.2) is 0 Å². The van der Waals surface area contributed by atoms with Crippen LogP contribution in [0.15, 0.2) is 33.7 Å². The van der Waals surface area contributed by atoms with E-state index in [2.05, 4.69) is 20.3 Å². The van der Waals surface area contributed by atoms with Gasteiger partial charge in [-0.3, -0.25) is 5.10 Å². The highest BCUT2D eigenvalue weighted by atomic mass is 32.2. The van der Waals surface area contributed by atoms with Gasteiger partial charge in [0, 0.05) is 25.1 Å². The Hall–Kier alpha value is -2.52.